The van der Waals surface area contributed by atoms with Gasteiger partial charge in [-0.1, -0.05) is 38.1 Å². The second-order valence-corrected chi connectivity index (χ2v) is 11.3. The Morgan fingerprint density at radius 3 is 2.44 bits per heavy atom. The minimum absolute atomic E-state index is 0.0438. The summed E-state index contributed by atoms with van der Waals surface area (Å²) in [5.41, 5.74) is 4.06. The number of aliphatic carboxylic acids is 1. The number of sulfonamides is 1. The Morgan fingerprint density at radius 1 is 1.18 bits per heavy atom. The van der Waals surface area contributed by atoms with Crippen molar-refractivity contribution >= 4 is 39.1 Å². The molecular formula is C25H28N2O5S2. The monoisotopic (exact) mass is 500 g/mol. The highest BCUT2D eigenvalue weighted by Crippen LogP contribution is 2.36. The molecule has 0 aliphatic carbocycles. The summed E-state index contributed by atoms with van der Waals surface area (Å²) in [6, 6.07) is 11.0. The molecule has 0 fully saturated rings. The number of aromatic nitrogens is 1. The lowest BCUT2D eigenvalue weighted by Crippen LogP contribution is -2.34. The van der Waals surface area contributed by atoms with E-state index in [0.717, 1.165) is 39.7 Å². The third kappa shape index (κ3) is 6.24. The van der Waals surface area contributed by atoms with Crippen molar-refractivity contribution in [2.45, 2.75) is 38.6 Å². The number of carboxylic acids is 1. The van der Waals surface area contributed by atoms with Crippen LogP contribution in [0.15, 0.2) is 58.4 Å². The van der Waals surface area contributed by atoms with E-state index in [1.54, 1.807) is 17.5 Å². The van der Waals surface area contributed by atoms with Crippen LogP contribution in [0.1, 0.15) is 36.1 Å². The Hall–Kier alpha value is -3.17. The van der Waals surface area contributed by atoms with Gasteiger partial charge in [-0.25, -0.2) is 9.78 Å². The molecule has 0 spiro atoms. The molecule has 0 saturated carbocycles. The van der Waals surface area contributed by atoms with Crippen molar-refractivity contribution < 1.29 is 23.1 Å². The predicted octanol–water partition coefficient (Wildman–Crippen LogP) is 5.29. The zero-order valence-corrected chi connectivity index (χ0v) is 21.2. The summed E-state index contributed by atoms with van der Waals surface area (Å²) in [5.74, 6) is -0.456. The van der Waals surface area contributed by atoms with E-state index in [0.29, 0.717) is 11.4 Å². The number of benzene rings is 2. The SMILES string of the molecule is Cc1cc(OCc2ccc(/C=C/C(=O)O)cc2)c(N(CC(C)C)S(=O)(=O)c2nccs2)cc1C. The number of carbonyl (C=O) groups is 1. The van der Waals surface area contributed by atoms with Crippen molar-refractivity contribution in [2.24, 2.45) is 5.92 Å². The van der Waals surface area contributed by atoms with Crippen molar-refractivity contribution in [3.63, 3.8) is 0 Å². The molecule has 0 radical (unpaired) electrons. The molecule has 180 valence electrons. The van der Waals surface area contributed by atoms with Crippen LogP contribution in [0, 0.1) is 19.8 Å². The molecular weight excluding hydrogens is 472 g/mol. The maximum atomic E-state index is 13.5. The first-order valence-corrected chi connectivity index (χ1v) is 13.1. The first kappa shape index (κ1) is 25.5. The minimum atomic E-state index is -3.85. The average Bonchev–Trinajstić information content (AvgIpc) is 3.33. The van der Waals surface area contributed by atoms with Gasteiger partial charge in [-0.2, -0.15) is 8.42 Å². The van der Waals surface area contributed by atoms with E-state index in [2.05, 4.69) is 4.98 Å². The lowest BCUT2D eigenvalue weighted by Gasteiger charge is -2.28. The van der Waals surface area contributed by atoms with Crippen molar-refractivity contribution in [2.75, 3.05) is 10.8 Å². The summed E-state index contributed by atoms with van der Waals surface area (Å²) in [6.07, 6.45) is 4.08. The van der Waals surface area contributed by atoms with Crippen LogP contribution in [0.5, 0.6) is 5.75 Å². The summed E-state index contributed by atoms with van der Waals surface area (Å²) in [7, 11) is -3.85. The molecule has 9 heteroatoms. The van der Waals surface area contributed by atoms with Crippen LogP contribution in [0.3, 0.4) is 0 Å². The standard InChI is InChI=1S/C25H28N2O5S2/c1-17(2)15-27(34(30,31)25-26-11-12-33-25)22-13-18(3)19(4)14-23(22)32-16-21-7-5-20(6-8-21)9-10-24(28)29/h5-14,17H,15-16H2,1-4H3,(H,28,29)/b10-9+. The Kier molecular flexibility index (Phi) is 8.11. The van der Waals surface area contributed by atoms with Gasteiger partial charge in [-0.05, 0) is 60.2 Å². The molecule has 1 aromatic heterocycles. The first-order chi connectivity index (χ1) is 16.1. The van der Waals surface area contributed by atoms with Crippen LogP contribution in [0.25, 0.3) is 6.08 Å². The molecule has 1 N–H and O–H groups in total. The number of ether oxygens (including phenoxy) is 1. The molecule has 34 heavy (non-hydrogen) atoms. The minimum Gasteiger partial charge on any atom is -0.487 e. The fraction of sp³-hybridized carbons (Fsp3) is 0.280. The summed E-state index contributed by atoms with van der Waals surface area (Å²) < 4.78 is 34.5. The van der Waals surface area contributed by atoms with Crippen LogP contribution in [-0.2, 0) is 21.4 Å². The molecule has 0 aliphatic heterocycles. The fourth-order valence-electron chi connectivity index (χ4n) is 3.23. The molecule has 2 aromatic carbocycles. The van der Waals surface area contributed by atoms with Crippen LogP contribution >= 0.6 is 11.3 Å². The third-order valence-corrected chi connectivity index (χ3v) is 8.05. The van der Waals surface area contributed by atoms with Crippen LogP contribution in [-0.4, -0.2) is 31.0 Å². The molecule has 0 unspecified atom stereocenters. The van der Waals surface area contributed by atoms with Gasteiger partial charge >= 0.3 is 5.97 Å². The van der Waals surface area contributed by atoms with E-state index >= 15 is 0 Å². The molecule has 1 heterocycles. The number of thiazole rings is 1. The summed E-state index contributed by atoms with van der Waals surface area (Å²) in [6.45, 7) is 8.34. The number of hydrogen-bond donors (Lipinski definition) is 1. The summed E-state index contributed by atoms with van der Waals surface area (Å²) in [5, 5.41) is 10.4. The van der Waals surface area contributed by atoms with E-state index in [4.69, 9.17) is 9.84 Å². The van der Waals surface area contributed by atoms with Gasteiger partial charge < -0.3 is 9.84 Å². The van der Waals surface area contributed by atoms with Gasteiger partial charge in [0.05, 0.1) is 5.69 Å². The van der Waals surface area contributed by atoms with E-state index in [-0.39, 0.29) is 23.4 Å². The zero-order valence-electron chi connectivity index (χ0n) is 19.6. The van der Waals surface area contributed by atoms with Gasteiger partial charge in [-0.15, -0.1) is 11.3 Å². The van der Waals surface area contributed by atoms with E-state index in [9.17, 15) is 13.2 Å². The third-order valence-electron chi connectivity index (χ3n) is 5.09. The zero-order chi connectivity index (χ0) is 24.9. The number of hydrogen-bond acceptors (Lipinski definition) is 6. The highest BCUT2D eigenvalue weighted by atomic mass is 32.2. The number of anilines is 1. The van der Waals surface area contributed by atoms with Crippen LogP contribution in [0.2, 0.25) is 0 Å². The molecule has 3 aromatic rings. The summed E-state index contributed by atoms with van der Waals surface area (Å²) >= 11 is 1.09. The van der Waals surface area contributed by atoms with Crippen molar-refractivity contribution in [3.05, 3.63) is 76.3 Å². The Labute approximate surface area is 204 Å². The van der Waals surface area contributed by atoms with Crippen molar-refractivity contribution in [3.8, 4) is 5.75 Å². The Bertz CT molecular complexity index is 1270. The molecule has 0 amide bonds. The van der Waals surface area contributed by atoms with Gasteiger partial charge in [-0.3, -0.25) is 4.31 Å². The molecule has 0 bridgehead atoms. The van der Waals surface area contributed by atoms with Crippen molar-refractivity contribution in [1.29, 1.82) is 0 Å². The molecule has 0 aliphatic rings. The lowest BCUT2D eigenvalue weighted by atomic mass is 10.1. The molecule has 7 nitrogen and oxygen atoms in total. The normalized spacial score (nSPS) is 11.8. The van der Waals surface area contributed by atoms with E-state index in [1.807, 2.05) is 52.0 Å². The predicted molar refractivity (Wildman–Crippen MR) is 135 cm³/mol. The topological polar surface area (TPSA) is 96.8 Å². The van der Waals surface area contributed by atoms with Crippen LogP contribution in [0.4, 0.5) is 5.69 Å². The number of carboxylic acid groups (broad SMARTS) is 1. The maximum absolute atomic E-state index is 13.5. The number of nitrogens with zero attached hydrogens (tertiary/aromatic N) is 2. The lowest BCUT2D eigenvalue weighted by molar-refractivity contribution is -0.131. The Morgan fingerprint density at radius 2 is 1.85 bits per heavy atom. The molecule has 0 atom stereocenters. The smallest absolute Gasteiger partial charge is 0.328 e. The molecule has 0 saturated heterocycles. The fourth-order valence-corrected chi connectivity index (χ4v) is 5.79. The van der Waals surface area contributed by atoms with E-state index < -0.39 is 16.0 Å². The van der Waals surface area contributed by atoms with E-state index in [1.165, 1.54) is 16.6 Å². The Balaban J connectivity index is 1.94. The second-order valence-electron chi connectivity index (χ2n) is 8.33. The van der Waals surface area contributed by atoms with Gasteiger partial charge in [0.2, 0.25) is 4.34 Å². The van der Waals surface area contributed by atoms with Crippen molar-refractivity contribution in [1.82, 2.24) is 4.98 Å². The number of aryl methyl sites for hydroxylation is 2. The maximum Gasteiger partial charge on any atom is 0.328 e. The van der Waals surface area contributed by atoms with Gasteiger partial charge in [0, 0.05) is 24.2 Å². The van der Waals surface area contributed by atoms with Gasteiger partial charge in [0.25, 0.3) is 10.0 Å². The highest BCUT2D eigenvalue weighted by Gasteiger charge is 2.30. The van der Waals surface area contributed by atoms with Crippen LogP contribution < -0.4 is 9.04 Å². The molecule has 3 rings (SSSR count). The second kappa shape index (κ2) is 10.8. The van der Waals surface area contributed by atoms with Gasteiger partial charge in [0.15, 0.2) is 0 Å². The summed E-state index contributed by atoms with van der Waals surface area (Å²) in [4.78, 5) is 14.7. The first-order valence-electron chi connectivity index (χ1n) is 10.7. The van der Waals surface area contributed by atoms with Gasteiger partial charge in [0.1, 0.15) is 12.4 Å². The highest BCUT2D eigenvalue weighted by molar-refractivity contribution is 7.94. The quantitative estimate of drug-likeness (QED) is 0.380. The average molecular weight is 501 g/mol. The largest absolute Gasteiger partial charge is 0.487 e. The number of rotatable bonds is 10.